The number of aromatic nitrogens is 3. The Labute approximate surface area is 139 Å². The van der Waals surface area contributed by atoms with E-state index in [0.717, 1.165) is 11.2 Å². The molecule has 24 heavy (non-hydrogen) atoms. The predicted octanol–water partition coefficient (Wildman–Crippen LogP) is 0.0191. The highest BCUT2D eigenvalue weighted by Crippen LogP contribution is 2.15. The normalized spacial score (nSPS) is 15.8. The van der Waals surface area contributed by atoms with Crippen LogP contribution in [-0.2, 0) is 24.3 Å². The van der Waals surface area contributed by atoms with Crippen molar-refractivity contribution < 1.29 is 22.4 Å². The second-order valence-electron chi connectivity index (χ2n) is 4.75. The van der Waals surface area contributed by atoms with Crippen molar-refractivity contribution in [2.75, 3.05) is 31.1 Å². The van der Waals surface area contributed by atoms with Gasteiger partial charge >= 0.3 is 16.3 Å². The van der Waals surface area contributed by atoms with Gasteiger partial charge in [-0.1, -0.05) is 13.2 Å². The molecule has 1 aliphatic rings. The minimum absolute atomic E-state index is 0.127. The summed E-state index contributed by atoms with van der Waals surface area (Å²) in [5.41, 5.74) is 0. The lowest BCUT2D eigenvalue weighted by molar-refractivity contribution is -0.210. The number of rotatable bonds is 6. The molecule has 0 atom stereocenters. The van der Waals surface area contributed by atoms with E-state index >= 15 is 0 Å². The molecule has 2 rings (SSSR count). The minimum Gasteiger partial charge on any atom is -0.338 e. The van der Waals surface area contributed by atoms with E-state index in [1.165, 1.54) is 12.2 Å². The van der Waals surface area contributed by atoms with E-state index in [-0.39, 0.29) is 13.1 Å². The second kappa shape index (κ2) is 7.47. The summed E-state index contributed by atoms with van der Waals surface area (Å²) in [6, 6.07) is 0. The van der Waals surface area contributed by atoms with Crippen LogP contribution in [0.4, 0.5) is 5.95 Å². The van der Waals surface area contributed by atoms with Crippen LogP contribution in [0, 0.1) is 0 Å². The van der Waals surface area contributed by atoms with Gasteiger partial charge in [0, 0.05) is 33.1 Å². The van der Waals surface area contributed by atoms with Gasteiger partial charge in [0.15, 0.2) is 11.6 Å². The molecule has 0 amide bonds. The van der Waals surface area contributed by atoms with Gasteiger partial charge in [0.05, 0.1) is 0 Å². The van der Waals surface area contributed by atoms with Gasteiger partial charge < -0.3 is 4.90 Å². The van der Waals surface area contributed by atoms with Gasteiger partial charge in [-0.25, -0.2) is 9.78 Å². The molecule has 0 bridgehead atoms. The van der Waals surface area contributed by atoms with Crippen LogP contribution in [0.15, 0.2) is 13.2 Å². The Balaban J connectivity index is 2.06. The molecule has 130 valence electrons. The number of carbonyl (C=O) groups excluding carboxylic acids is 1. The predicted molar refractivity (Wildman–Crippen MR) is 85.6 cm³/mol. The summed E-state index contributed by atoms with van der Waals surface area (Å²) in [4.78, 5) is 29.1. The number of hydrogen-bond donors (Lipinski definition) is 0. The molecule has 10 nitrogen and oxygen atoms in total. The molecule has 1 saturated heterocycles. The van der Waals surface area contributed by atoms with Crippen molar-refractivity contribution in [2.24, 2.45) is 0 Å². The quantitative estimate of drug-likeness (QED) is 0.514. The van der Waals surface area contributed by atoms with Crippen LogP contribution >= 0.6 is 0 Å². The molecule has 1 aromatic heterocycles. The Hall–Kier alpha value is -2.37. The zero-order chi connectivity index (χ0) is 17.7. The monoisotopic (exact) mass is 355 g/mol. The zero-order valence-corrected chi connectivity index (χ0v) is 13.9. The van der Waals surface area contributed by atoms with E-state index in [4.69, 9.17) is 0 Å². The third kappa shape index (κ3) is 4.34. The van der Waals surface area contributed by atoms with Crippen LogP contribution in [0.1, 0.15) is 18.6 Å². The molecule has 0 aliphatic carbocycles. The summed E-state index contributed by atoms with van der Waals surface area (Å²) in [6.45, 7) is 9.21. The average molecular weight is 355 g/mol. The maximum Gasteiger partial charge on any atom is 0.373 e. The molecule has 0 N–H and O–H groups in total. The molecule has 1 fully saturated rings. The fraction of sp³-hybridized carbons (Fsp3) is 0.385. The Morgan fingerprint density at radius 2 is 1.62 bits per heavy atom. The summed E-state index contributed by atoms with van der Waals surface area (Å²) in [5, 5.41) is 0. The largest absolute Gasteiger partial charge is 0.373 e. The topological polar surface area (TPSA) is 115 Å². The number of nitrogens with zero attached hydrogens (tertiary/aromatic N) is 5. The van der Waals surface area contributed by atoms with Crippen molar-refractivity contribution in [3.05, 3.63) is 24.8 Å². The van der Waals surface area contributed by atoms with Crippen molar-refractivity contribution >= 4 is 34.4 Å². The lowest BCUT2D eigenvalue weighted by Crippen LogP contribution is -2.49. The van der Waals surface area contributed by atoms with Crippen LogP contribution in [-0.4, -0.2) is 59.8 Å². The zero-order valence-electron chi connectivity index (χ0n) is 13.1. The van der Waals surface area contributed by atoms with Gasteiger partial charge in [0.25, 0.3) is 0 Å². The Kier molecular flexibility index (Phi) is 5.59. The van der Waals surface area contributed by atoms with E-state index < -0.39 is 16.3 Å². The number of carbonyl (C=O) groups is 1. The van der Waals surface area contributed by atoms with E-state index in [1.807, 2.05) is 0 Å². The maximum atomic E-state index is 11.9. The molecule has 1 aromatic rings. The third-order valence-corrected chi connectivity index (χ3v) is 4.34. The van der Waals surface area contributed by atoms with E-state index in [0.29, 0.717) is 30.7 Å². The van der Waals surface area contributed by atoms with Crippen molar-refractivity contribution in [3.8, 4) is 0 Å². The van der Waals surface area contributed by atoms with Crippen molar-refractivity contribution in [1.82, 2.24) is 19.3 Å². The number of piperazine rings is 1. The molecule has 1 aliphatic heterocycles. The van der Waals surface area contributed by atoms with Crippen molar-refractivity contribution in [2.45, 2.75) is 6.92 Å². The molecule has 0 radical (unpaired) electrons. The molecule has 0 aromatic carbocycles. The maximum absolute atomic E-state index is 11.9. The fourth-order valence-electron chi connectivity index (χ4n) is 1.97. The lowest BCUT2D eigenvalue weighted by Gasteiger charge is -2.32. The first kappa shape index (κ1) is 18.0. The van der Waals surface area contributed by atoms with Crippen LogP contribution in [0.5, 0.6) is 0 Å². The molecular weight excluding hydrogens is 338 g/mol. The minimum atomic E-state index is -4.13. The van der Waals surface area contributed by atoms with Gasteiger partial charge in [-0.15, -0.1) is 0 Å². The lowest BCUT2D eigenvalue weighted by atomic mass is 10.4. The highest BCUT2D eigenvalue weighted by Gasteiger charge is 2.30. The van der Waals surface area contributed by atoms with Crippen LogP contribution in [0.3, 0.4) is 0 Å². The standard InChI is InChI=1S/C13H17N5O5S/c1-4-11-14-12(5-2)16-13(15-11)17-6-8-18(9-7-17)24(20,21)23-22-10(3)19/h4-5H,1-2,6-9H2,3H3. The fourth-order valence-corrected chi connectivity index (χ4v) is 2.85. The molecule has 11 heteroatoms. The summed E-state index contributed by atoms with van der Waals surface area (Å²) in [5.74, 6) is 0.371. The van der Waals surface area contributed by atoms with Gasteiger partial charge in [-0.05, 0) is 16.5 Å². The summed E-state index contributed by atoms with van der Waals surface area (Å²) >= 11 is 0. The molecule has 0 unspecified atom stereocenters. The van der Waals surface area contributed by atoms with Crippen molar-refractivity contribution in [1.29, 1.82) is 0 Å². The Bertz CT molecular complexity index is 717. The molecule has 0 saturated carbocycles. The van der Waals surface area contributed by atoms with Gasteiger partial charge in [-0.3, -0.25) is 4.89 Å². The van der Waals surface area contributed by atoms with E-state index in [2.05, 4.69) is 37.3 Å². The van der Waals surface area contributed by atoms with E-state index in [9.17, 15) is 13.2 Å². The van der Waals surface area contributed by atoms with Gasteiger partial charge in [0.2, 0.25) is 5.95 Å². The summed E-state index contributed by atoms with van der Waals surface area (Å²) in [7, 11) is -4.13. The highest BCUT2D eigenvalue weighted by molar-refractivity contribution is 7.84. The number of hydrogen-bond acceptors (Lipinski definition) is 9. The first-order chi connectivity index (χ1) is 11.4. The molecular formula is C13H17N5O5S. The van der Waals surface area contributed by atoms with Crippen LogP contribution in [0.2, 0.25) is 0 Å². The summed E-state index contributed by atoms with van der Waals surface area (Å²) in [6.07, 6.45) is 2.98. The van der Waals surface area contributed by atoms with Crippen LogP contribution < -0.4 is 4.90 Å². The van der Waals surface area contributed by atoms with Crippen LogP contribution in [0.25, 0.3) is 12.2 Å². The van der Waals surface area contributed by atoms with E-state index in [1.54, 1.807) is 4.90 Å². The van der Waals surface area contributed by atoms with Crippen molar-refractivity contribution in [3.63, 3.8) is 0 Å². The molecule has 2 heterocycles. The average Bonchev–Trinajstić information content (AvgIpc) is 2.59. The number of anilines is 1. The van der Waals surface area contributed by atoms with Gasteiger partial charge in [0.1, 0.15) is 0 Å². The Morgan fingerprint density at radius 3 is 2.08 bits per heavy atom. The third-order valence-electron chi connectivity index (χ3n) is 3.10. The second-order valence-corrected chi connectivity index (χ2v) is 6.25. The summed E-state index contributed by atoms with van der Waals surface area (Å²) < 4.78 is 29.0. The Morgan fingerprint density at radius 1 is 1.08 bits per heavy atom. The molecule has 0 spiro atoms. The first-order valence-electron chi connectivity index (χ1n) is 6.98. The smallest absolute Gasteiger partial charge is 0.338 e. The SMILES string of the molecule is C=Cc1nc(C=C)nc(N2CCN(S(=O)(=O)OOC(C)=O)CC2)n1. The van der Waals surface area contributed by atoms with Gasteiger partial charge in [-0.2, -0.15) is 22.7 Å². The first-order valence-corrected chi connectivity index (χ1v) is 8.35. The highest BCUT2D eigenvalue weighted by atomic mass is 32.2.